The van der Waals surface area contributed by atoms with Crippen LogP contribution >= 0.6 is 0 Å². The standard InChI is InChI=1S/C14H22N2O2/c1-14(10-15-11-14)18-8-6-16(12-4-5-12)9-13-3-2-7-17-13/h2-3,7,12,15H,4-6,8-11H2,1H3. The molecule has 1 aromatic rings. The van der Waals surface area contributed by atoms with Gasteiger partial charge in [-0.2, -0.15) is 0 Å². The Labute approximate surface area is 108 Å². The smallest absolute Gasteiger partial charge is 0.117 e. The van der Waals surface area contributed by atoms with E-state index >= 15 is 0 Å². The average Bonchev–Trinajstić information content (AvgIpc) is 3.04. The summed E-state index contributed by atoms with van der Waals surface area (Å²) in [7, 11) is 0. The summed E-state index contributed by atoms with van der Waals surface area (Å²) >= 11 is 0. The predicted molar refractivity (Wildman–Crippen MR) is 69.4 cm³/mol. The molecule has 1 N–H and O–H groups in total. The molecule has 1 aliphatic carbocycles. The Morgan fingerprint density at radius 1 is 1.50 bits per heavy atom. The van der Waals surface area contributed by atoms with Gasteiger partial charge in [0.15, 0.2) is 0 Å². The van der Waals surface area contributed by atoms with Crippen LogP contribution in [0.1, 0.15) is 25.5 Å². The van der Waals surface area contributed by atoms with Crippen molar-refractivity contribution in [3.8, 4) is 0 Å². The van der Waals surface area contributed by atoms with Gasteiger partial charge in [-0.3, -0.25) is 4.90 Å². The van der Waals surface area contributed by atoms with Crippen LogP contribution in [0.5, 0.6) is 0 Å². The molecular weight excluding hydrogens is 228 g/mol. The number of hydrogen-bond donors (Lipinski definition) is 1. The Hall–Kier alpha value is -0.840. The fourth-order valence-corrected chi connectivity index (χ4v) is 2.42. The molecule has 4 nitrogen and oxygen atoms in total. The van der Waals surface area contributed by atoms with Crippen LogP contribution in [0.3, 0.4) is 0 Å². The van der Waals surface area contributed by atoms with Crippen LogP contribution in [0.25, 0.3) is 0 Å². The number of nitrogens with zero attached hydrogens (tertiary/aromatic N) is 1. The van der Waals surface area contributed by atoms with E-state index in [9.17, 15) is 0 Å². The first-order valence-corrected chi connectivity index (χ1v) is 6.86. The topological polar surface area (TPSA) is 37.6 Å². The first kappa shape index (κ1) is 12.2. The van der Waals surface area contributed by atoms with Gasteiger partial charge in [0, 0.05) is 25.7 Å². The fraction of sp³-hybridized carbons (Fsp3) is 0.714. The van der Waals surface area contributed by atoms with Crippen molar-refractivity contribution in [1.29, 1.82) is 0 Å². The largest absolute Gasteiger partial charge is 0.468 e. The van der Waals surface area contributed by atoms with Crippen LogP contribution in [0, 0.1) is 0 Å². The van der Waals surface area contributed by atoms with Gasteiger partial charge in [0.05, 0.1) is 25.0 Å². The van der Waals surface area contributed by atoms with E-state index in [1.807, 2.05) is 12.1 Å². The second-order valence-electron chi connectivity index (χ2n) is 5.68. The Morgan fingerprint density at radius 2 is 2.33 bits per heavy atom. The molecule has 18 heavy (non-hydrogen) atoms. The Morgan fingerprint density at radius 3 is 2.89 bits per heavy atom. The minimum absolute atomic E-state index is 0.0693. The zero-order valence-electron chi connectivity index (χ0n) is 11.0. The molecule has 1 saturated heterocycles. The summed E-state index contributed by atoms with van der Waals surface area (Å²) in [5, 5.41) is 3.26. The van der Waals surface area contributed by atoms with Crippen LogP contribution in [0.2, 0.25) is 0 Å². The van der Waals surface area contributed by atoms with E-state index in [1.165, 1.54) is 12.8 Å². The second kappa shape index (κ2) is 5.03. The van der Waals surface area contributed by atoms with Crippen LogP contribution in [-0.2, 0) is 11.3 Å². The number of nitrogens with one attached hydrogen (secondary N) is 1. The summed E-state index contributed by atoms with van der Waals surface area (Å²) in [5.41, 5.74) is 0.0693. The minimum atomic E-state index is 0.0693. The van der Waals surface area contributed by atoms with E-state index in [1.54, 1.807) is 6.26 Å². The molecular formula is C14H22N2O2. The molecule has 0 aromatic carbocycles. The molecule has 1 aliphatic heterocycles. The van der Waals surface area contributed by atoms with Gasteiger partial charge in [-0.1, -0.05) is 0 Å². The highest BCUT2D eigenvalue weighted by atomic mass is 16.5. The summed E-state index contributed by atoms with van der Waals surface area (Å²) in [5.74, 6) is 1.05. The third kappa shape index (κ3) is 2.94. The average molecular weight is 250 g/mol. The highest BCUT2D eigenvalue weighted by molar-refractivity contribution is 4.99. The molecule has 1 saturated carbocycles. The minimum Gasteiger partial charge on any atom is -0.468 e. The van der Waals surface area contributed by atoms with Gasteiger partial charge < -0.3 is 14.5 Å². The first-order valence-electron chi connectivity index (χ1n) is 6.86. The predicted octanol–water partition coefficient (Wildman–Crippen LogP) is 1.62. The van der Waals surface area contributed by atoms with Gasteiger partial charge in [0.25, 0.3) is 0 Å². The maximum atomic E-state index is 5.96. The van der Waals surface area contributed by atoms with Crippen LogP contribution in [0.15, 0.2) is 22.8 Å². The molecule has 0 radical (unpaired) electrons. The van der Waals surface area contributed by atoms with E-state index in [0.29, 0.717) is 0 Å². The molecule has 0 unspecified atom stereocenters. The first-order chi connectivity index (χ1) is 8.75. The van der Waals surface area contributed by atoms with Gasteiger partial charge >= 0.3 is 0 Å². The third-order valence-corrected chi connectivity index (χ3v) is 3.83. The molecule has 2 fully saturated rings. The summed E-state index contributed by atoms with van der Waals surface area (Å²) in [4.78, 5) is 2.48. The van der Waals surface area contributed by atoms with Crippen LogP contribution in [0.4, 0.5) is 0 Å². The molecule has 4 heteroatoms. The number of hydrogen-bond acceptors (Lipinski definition) is 4. The lowest BCUT2D eigenvalue weighted by Gasteiger charge is -2.39. The fourth-order valence-electron chi connectivity index (χ4n) is 2.42. The quantitative estimate of drug-likeness (QED) is 0.798. The SMILES string of the molecule is CC1(OCCN(Cc2ccco2)C2CC2)CNC1. The van der Waals surface area contributed by atoms with E-state index in [4.69, 9.17) is 9.15 Å². The van der Waals surface area contributed by atoms with Gasteiger partial charge in [-0.05, 0) is 31.9 Å². The van der Waals surface area contributed by atoms with Gasteiger partial charge in [0.2, 0.25) is 0 Å². The zero-order valence-corrected chi connectivity index (χ0v) is 11.0. The van der Waals surface area contributed by atoms with Crippen molar-refractivity contribution < 1.29 is 9.15 Å². The van der Waals surface area contributed by atoms with E-state index in [2.05, 4.69) is 17.1 Å². The normalized spacial score (nSPS) is 22.1. The summed E-state index contributed by atoms with van der Waals surface area (Å²) in [6, 6.07) is 4.75. The molecule has 0 amide bonds. The van der Waals surface area contributed by atoms with E-state index in [-0.39, 0.29) is 5.60 Å². The lowest BCUT2D eigenvalue weighted by molar-refractivity contribution is -0.0733. The number of rotatable bonds is 7. The third-order valence-electron chi connectivity index (χ3n) is 3.83. The molecule has 2 heterocycles. The van der Waals surface area contributed by atoms with Crippen LogP contribution < -0.4 is 5.32 Å². The number of ether oxygens (including phenoxy) is 1. The molecule has 2 aliphatic rings. The molecule has 0 bridgehead atoms. The Bertz CT molecular complexity index is 369. The lowest BCUT2D eigenvalue weighted by atomic mass is 10.0. The van der Waals surface area contributed by atoms with Gasteiger partial charge in [-0.25, -0.2) is 0 Å². The van der Waals surface area contributed by atoms with E-state index < -0.39 is 0 Å². The van der Waals surface area contributed by atoms with Crippen molar-refractivity contribution in [2.24, 2.45) is 0 Å². The molecule has 1 aromatic heterocycles. The molecule has 3 rings (SSSR count). The molecule has 100 valence electrons. The van der Waals surface area contributed by atoms with E-state index in [0.717, 1.165) is 44.6 Å². The summed E-state index contributed by atoms with van der Waals surface area (Å²) in [6.07, 6.45) is 4.39. The molecule has 0 spiro atoms. The zero-order chi connectivity index (χ0) is 12.4. The highest BCUT2D eigenvalue weighted by Crippen LogP contribution is 2.28. The Kier molecular flexibility index (Phi) is 3.41. The van der Waals surface area contributed by atoms with Crippen molar-refractivity contribution >= 4 is 0 Å². The summed E-state index contributed by atoms with van der Waals surface area (Å²) in [6.45, 7) is 6.87. The lowest BCUT2D eigenvalue weighted by Crippen LogP contribution is -2.59. The summed E-state index contributed by atoms with van der Waals surface area (Å²) < 4.78 is 11.4. The van der Waals surface area contributed by atoms with Crippen molar-refractivity contribution in [2.75, 3.05) is 26.2 Å². The monoisotopic (exact) mass is 250 g/mol. The van der Waals surface area contributed by atoms with Crippen molar-refractivity contribution in [1.82, 2.24) is 10.2 Å². The van der Waals surface area contributed by atoms with Crippen LogP contribution in [-0.4, -0.2) is 42.8 Å². The highest BCUT2D eigenvalue weighted by Gasteiger charge is 2.33. The Balaban J connectivity index is 1.45. The van der Waals surface area contributed by atoms with Gasteiger partial charge in [-0.15, -0.1) is 0 Å². The van der Waals surface area contributed by atoms with Crippen molar-refractivity contribution in [2.45, 2.75) is 38.0 Å². The number of furan rings is 1. The maximum absolute atomic E-state index is 5.96. The van der Waals surface area contributed by atoms with Crippen molar-refractivity contribution in [3.05, 3.63) is 24.2 Å². The maximum Gasteiger partial charge on any atom is 0.117 e. The van der Waals surface area contributed by atoms with Crippen molar-refractivity contribution in [3.63, 3.8) is 0 Å². The second-order valence-corrected chi connectivity index (χ2v) is 5.68. The van der Waals surface area contributed by atoms with Gasteiger partial charge in [0.1, 0.15) is 5.76 Å². The molecule has 0 atom stereocenters.